The van der Waals surface area contributed by atoms with Crippen molar-refractivity contribution >= 4 is 28.6 Å². The fourth-order valence-corrected chi connectivity index (χ4v) is 3.30. The van der Waals surface area contributed by atoms with Crippen molar-refractivity contribution in [3.8, 4) is 0 Å². The molecule has 3 rings (SSSR count). The quantitative estimate of drug-likeness (QED) is 0.750. The molecular weight excluding hydrogens is 262 g/mol. The number of hydrogen-bond acceptors (Lipinski definition) is 4. The van der Waals surface area contributed by atoms with Gasteiger partial charge in [0.15, 0.2) is 0 Å². The molecule has 0 spiro atoms. The second-order valence-electron chi connectivity index (χ2n) is 4.79. The van der Waals surface area contributed by atoms with Crippen LogP contribution in [0.5, 0.6) is 0 Å². The number of fused-ring (bicyclic) bond motifs is 1. The lowest BCUT2D eigenvalue weighted by Gasteiger charge is -2.31. The summed E-state index contributed by atoms with van der Waals surface area (Å²) in [7, 11) is 0. The van der Waals surface area contributed by atoms with Gasteiger partial charge in [-0.2, -0.15) is 0 Å². The van der Waals surface area contributed by atoms with Crippen molar-refractivity contribution in [2.24, 2.45) is 0 Å². The summed E-state index contributed by atoms with van der Waals surface area (Å²) in [6.07, 6.45) is 0.819. The largest absolute Gasteiger partial charge is 0.398 e. The van der Waals surface area contributed by atoms with E-state index < -0.39 is 0 Å². The zero-order valence-corrected chi connectivity index (χ0v) is 11.2. The number of anilines is 1. The third-order valence-corrected chi connectivity index (χ3v) is 4.47. The van der Waals surface area contributed by atoms with E-state index in [1.54, 1.807) is 4.90 Å². The van der Waals surface area contributed by atoms with Gasteiger partial charge in [0.1, 0.15) is 6.04 Å². The van der Waals surface area contributed by atoms with E-state index in [9.17, 15) is 9.59 Å². The standard InChI is InChI=1S/C13H15N3O2S/c14-10-3-1-2-8-4-5-16(6-9(8)10)12(17)11-7-19-13(18)15-11/h1-3,11H,4-7,14H2,(H,15,18). The van der Waals surface area contributed by atoms with E-state index in [0.29, 0.717) is 18.8 Å². The average Bonchev–Trinajstić information content (AvgIpc) is 2.85. The minimum atomic E-state index is -0.385. The molecule has 3 N–H and O–H groups in total. The van der Waals surface area contributed by atoms with Gasteiger partial charge in [-0.25, -0.2) is 0 Å². The van der Waals surface area contributed by atoms with Gasteiger partial charge in [-0.15, -0.1) is 0 Å². The number of amides is 2. The number of benzene rings is 1. The number of nitrogen functional groups attached to an aromatic ring is 1. The van der Waals surface area contributed by atoms with E-state index in [4.69, 9.17) is 5.73 Å². The highest BCUT2D eigenvalue weighted by molar-refractivity contribution is 8.14. The lowest BCUT2D eigenvalue weighted by atomic mass is 9.98. The normalized spacial score (nSPS) is 22.0. The fourth-order valence-electron chi connectivity index (χ4n) is 2.53. The minimum absolute atomic E-state index is 0.00717. The molecule has 1 saturated heterocycles. The van der Waals surface area contributed by atoms with Crippen molar-refractivity contribution < 1.29 is 9.59 Å². The number of nitrogens with zero attached hydrogens (tertiary/aromatic N) is 1. The molecule has 6 heteroatoms. The Bertz CT molecular complexity index is 547. The maximum atomic E-state index is 12.3. The summed E-state index contributed by atoms with van der Waals surface area (Å²) in [6.45, 7) is 1.23. The number of nitrogens with one attached hydrogen (secondary N) is 1. The molecule has 1 aromatic carbocycles. The Labute approximate surface area is 115 Å². The average molecular weight is 277 g/mol. The van der Waals surface area contributed by atoms with Crippen LogP contribution in [0.4, 0.5) is 10.5 Å². The molecule has 1 unspecified atom stereocenters. The smallest absolute Gasteiger partial charge is 0.279 e. The van der Waals surface area contributed by atoms with E-state index in [1.165, 1.54) is 5.56 Å². The van der Waals surface area contributed by atoms with Crippen molar-refractivity contribution in [1.82, 2.24) is 10.2 Å². The first-order valence-corrected chi connectivity index (χ1v) is 7.22. The van der Waals surface area contributed by atoms with Crippen LogP contribution in [0.1, 0.15) is 11.1 Å². The van der Waals surface area contributed by atoms with Gasteiger partial charge in [0.25, 0.3) is 5.24 Å². The second kappa shape index (κ2) is 4.77. The maximum Gasteiger partial charge on any atom is 0.279 e. The van der Waals surface area contributed by atoms with Gasteiger partial charge < -0.3 is 16.0 Å². The first-order valence-electron chi connectivity index (χ1n) is 6.23. The Hall–Kier alpha value is -1.69. The van der Waals surface area contributed by atoms with Crippen molar-refractivity contribution in [2.45, 2.75) is 19.0 Å². The molecule has 19 heavy (non-hydrogen) atoms. The van der Waals surface area contributed by atoms with Crippen LogP contribution in [-0.4, -0.2) is 34.4 Å². The predicted octanol–water partition coefficient (Wildman–Crippen LogP) is 0.978. The van der Waals surface area contributed by atoms with Crippen LogP contribution in [0.25, 0.3) is 0 Å². The van der Waals surface area contributed by atoms with Gasteiger partial charge in [0.2, 0.25) is 5.91 Å². The van der Waals surface area contributed by atoms with Crippen LogP contribution < -0.4 is 11.1 Å². The van der Waals surface area contributed by atoms with Crippen LogP contribution in [0.3, 0.4) is 0 Å². The van der Waals surface area contributed by atoms with Crippen molar-refractivity contribution in [3.05, 3.63) is 29.3 Å². The molecule has 2 amide bonds. The van der Waals surface area contributed by atoms with Crippen molar-refractivity contribution in [3.63, 3.8) is 0 Å². The highest BCUT2D eigenvalue weighted by Crippen LogP contribution is 2.25. The van der Waals surface area contributed by atoms with Crippen molar-refractivity contribution in [2.75, 3.05) is 18.0 Å². The maximum absolute atomic E-state index is 12.3. The molecule has 0 aliphatic carbocycles. The topological polar surface area (TPSA) is 75.4 Å². The Morgan fingerprint density at radius 3 is 3.05 bits per heavy atom. The fraction of sp³-hybridized carbons (Fsp3) is 0.385. The number of carbonyl (C=O) groups is 2. The molecule has 0 aromatic heterocycles. The molecule has 0 saturated carbocycles. The van der Waals surface area contributed by atoms with E-state index in [2.05, 4.69) is 11.4 Å². The van der Waals surface area contributed by atoms with E-state index in [-0.39, 0.29) is 17.2 Å². The first-order chi connectivity index (χ1) is 9.15. The van der Waals surface area contributed by atoms with Gasteiger partial charge in [0, 0.05) is 24.5 Å². The van der Waals surface area contributed by atoms with Gasteiger partial charge in [-0.05, 0) is 23.6 Å². The summed E-state index contributed by atoms with van der Waals surface area (Å²) in [5.41, 5.74) is 8.96. The van der Waals surface area contributed by atoms with Gasteiger partial charge in [-0.1, -0.05) is 23.9 Å². The molecular formula is C13H15N3O2S. The predicted molar refractivity (Wildman–Crippen MR) is 74.8 cm³/mol. The first kappa shape index (κ1) is 12.3. The molecule has 5 nitrogen and oxygen atoms in total. The molecule has 2 aliphatic rings. The number of hydrogen-bond donors (Lipinski definition) is 2. The Balaban J connectivity index is 1.76. The highest BCUT2D eigenvalue weighted by Gasteiger charge is 2.33. The Kier molecular flexibility index (Phi) is 3.10. The summed E-state index contributed by atoms with van der Waals surface area (Å²) in [4.78, 5) is 25.3. The lowest BCUT2D eigenvalue weighted by Crippen LogP contribution is -2.47. The molecule has 2 heterocycles. The third kappa shape index (κ3) is 2.28. The number of carbonyl (C=O) groups excluding carboxylic acids is 2. The molecule has 1 fully saturated rings. The van der Waals surface area contributed by atoms with Gasteiger partial charge in [-0.3, -0.25) is 9.59 Å². The van der Waals surface area contributed by atoms with E-state index >= 15 is 0 Å². The summed E-state index contributed by atoms with van der Waals surface area (Å²) < 4.78 is 0. The zero-order chi connectivity index (χ0) is 13.4. The van der Waals surface area contributed by atoms with Crippen molar-refractivity contribution in [1.29, 1.82) is 0 Å². The molecule has 1 atom stereocenters. The molecule has 2 aliphatic heterocycles. The Morgan fingerprint density at radius 2 is 2.32 bits per heavy atom. The van der Waals surface area contributed by atoms with E-state index in [1.807, 2.05) is 12.1 Å². The van der Waals surface area contributed by atoms with Crippen LogP contribution >= 0.6 is 11.8 Å². The zero-order valence-electron chi connectivity index (χ0n) is 10.4. The SMILES string of the molecule is Nc1cccc2c1CN(C(=O)C1CSC(=O)N1)CC2. The second-order valence-corrected chi connectivity index (χ2v) is 5.78. The van der Waals surface area contributed by atoms with Crippen LogP contribution in [0, 0.1) is 0 Å². The lowest BCUT2D eigenvalue weighted by molar-refractivity contribution is -0.133. The molecule has 0 radical (unpaired) electrons. The summed E-state index contributed by atoms with van der Waals surface area (Å²) in [5, 5.41) is 2.58. The number of nitrogens with two attached hydrogens (primary N) is 1. The monoisotopic (exact) mass is 277 g/mol. The van der Waals surface area contributed by atoms with Crippen LogP contribution in [0.15, 0.2) is 18.2 Å². The Morgan fingerprint density at radius 1 is 1.47 bits per heavy atom. The molecule has 100 valence electrons. The minimum Gasteiger partial charge on any atom is -0.398 e. The summed E-state index contributed by atoms with van der Waals surface area (Å²) in [5.74, 6) is 0.512. The number of rotatable bonds is 1. The summed E-state index contributed by atoms with van der Waals surface area (Å²) >= 11 is 1.16. The highest BCUT2D eigenvalue weighted by atomic mass is 32.2. The van der Waals surface area contributed by atoms with Gasteiger partial charge in [0.05, 0.1) is 0 Å². The van der Waals surface area contributed by atoms with Gasteiger partial charge >= 0.3 is 0 Å². The summed E-state index contributed by atoms with van der Waals surface area (Å²) in [6, 6.07) is 5.48. The third-order valence-electron chi connectivity index (χ3n) is 3.59. The molecule has 0 bridgehead atoms. The molecule has 1 aromatic rings. The van der Waals surface area contributed by atoms with Crippen LogP contribution in [0.2, 0.25) is 0 Å². The number of thioether (sulfide) groups is 1. The van der Waals surface area contributed by atoms with E-state index in [0.717, 1.165) is 29.4 Å². The van der Waals surface area contributed by atoms with Crippen LogP contribution in [-0.2, 0) is 17.8 Å².